The summed E-state index contributed by atoms with van der Waals surface area (Å²) in [5.74, 6) is 0.0347. The molecule has 3 unspecified atom stereocenters. The minimum Gasteiger partial charge on any atom is -0.372 e. The molecule has 1 amide bonds. The molecule has 3 rings (SSSR count). The molecule has 3 atom stereocenters. The van der Waals surface area contributed by atoms with Gasteiger partial charge in [-0.1, -0.05) is 0 Å². The highest BCUT2D eigenvalue weighted by atomic mass is 32.1. The fourth-order valence-corrected chi connectivity index (χ4v) is 3.85. The molecule has 0 radical (unpaired) electrons. The number of carbonyl (C=O) groups is 1. The van der Waals surface area contributed by atoms with Crippen molar-refractivity contribution in [3.8, 4) is 0 Å². The van der Waals surface area contributed by atoms with Crippen molar-refractivity contribution in [2.45, 2.75) is 44.9 Å². The third-order valence-electron chi connectivity index (χ3n) is 3.81. The Bertz CT molecular complexity index is 475. The first-order valence-electron chi connectivity index (χ1n) is 7.27. The molecule has 1 aromatic heterocycles. The molecule has 6 heteroatoms. The number of morpholine rings is 1. The molecule has 2 aliphatic heterocycles. The summed E-state index contributed by atoms with van der Waals surface area (Å²) >= 11 is 1.59. The molecule has 0 aliphatic carbocycles. The van der Waals surface area contributed by atoms with Crippen molar-refractivity contribution in [1.29, 1.82) is 0 Å². The van der Waals surface area contributed by atoms with Crippen LogP contribution in [0, 0.1) is 0 Å². The summed E-state index contributed by atoms with van der Waals surface area (Å²) in [6, 6.07) is 0.337. The van der Waals surface area contributed by atoms with E-state index in [2.05, 4.69) is 10.3 Å². The van der Waals surface area contributed by atoms with Gasteiger partial charge in [-0.05, 0) is 33.2 Å². The van der Waals surface area contributed by atoms with Gasteiger partial charge in [0.2, 0.25) is 0 Å². The van der Waals surface area contributed by atoms with Gasteiger partial charge in [-0.15, -0.1) is 11.3 Å². The largest absolute Gasteiger partial charge is 0.372 e. The van der Waals surface area contributed by atoms with Crippen LogP contribution in [0.15, 0.2) is 5.38 Å². The standard InChI is InChI=1S/C14H21N3O2S/c1-9-6-17(7-10(2)19-9)14(18)12-8-20-13(16-12)11-4-3-5-15-11/h8-11,15H,3-7H2,1-2H3. The van der Waals surface area contributed by atoms with E-state index < -0.39 is 0 Å². The van der Waals surface area contributed by atoms with E-state index in [1.807, 2.05) is 24.1 Å². The van der Waals surface area contributed by atoms with Crippen LogP contribution < -0.4 is 5.32 Å². The van der Waals surface area contributed by atoms with Crippen molar-refractivity contribution < 1.29 is 9.53 Å². The number of hydrogen-bond acceptors (Lipinski definition) is 5. The first kappa shape index (κ1) is 14.0. The Kier molecular flexibility index (Phi) is 4.05. The molecule has 20 heavy (non-hydrogen) atoms. The van der Waals surface area contributed by atoms with Gasteiger partial charge in [0.1, 0.15) is 10.7 Å². The molecule has 3 heterocycles. The molecule has 2 aliphatic rings. The summed E-state index contributed by atoms with van der Waals surface area (Å²) in [4.78, 5) is 18.9. The predicted molar refractivity (Wildman–Crippen MR) is 78.0 cm³/mol. The number of ether oxygens (including phenoxy) is 1. The SMILES string of the molecule is CC1CN(C(=O)c2csc(C3CCCN3)n2)CC(C)O1. The summed E-state index contributed by atoms with van der Waals surface area (Å²) in [5.41, 5.74) is 0.583. The Hall–Kier alpha value is -0.980. The van der Waals surface area contributed by atoms with Crippen molar-refractivity contribution in [3.63, 3.8) is 0 Å². The van der Waals surface area contributed by atoms with Crippen LogP contribution >= 0.6 is 11.3 Å². The Balaban J connectivity index is 1.70. The van der Waals surface area contributed by atoms with E-state index in [1.165, 1.54) is 6.42 Å². The average Bonchev–Trinajstić information content (AvgIpc) is 3.07. The minimum atomic E-state index is 0.0347. The van der Waals surface area contributed by atoms with Crippen molar-refractivity contribution >= 4 is 17.2 Å². The number of carbonyl (C=O) groups excluding carboxylic acids is 1. The van der Waals surface area contributed by atoms with Crippen molar-refractivity contribution in [1.82, 2.24) is 15.2 Å². The summed E-state index contributed by atoms with van der Waals surface area (Å²) in [6.07, 6.45) is 2.49. The molecule has 1 N–H and O–H groups in total. The van der Waals surface area contributed by atoms with Gasteiger partial charge < -0.3 is 15.0 Å². The molecule has 2 saturated heterocycles. The van der Waals surface area contributed by atoms with Crippen LogP contribution in [-0.4, -0.2) is 47.6 Å². The summed E-state index contributed by atoms with van der Waals surface area (Å²) < 4.78 is 5.67. The quantitative estimate of drug-likeness (QED) is 0.904. The second-order valence-corrected chi connectivity index (χ2v) is 6.58. The third-order valence-corrected chi connectivity index (χ3v) is 4.76. The number of nitrogens with zero attached hydrogens (tertiary/aromatic N) is 2. The molecule has 110 valence electrons. The van der Waals surface area contributed by atoms with Crippen LogP contribution in [0.25, 0.3) is 0 Å². The fraction of sp³-hybridized carbons (Fsp3) is 0.714. The van der Waals surface area contributed by atoms with Gasteiger partial charge >= 0.3 is 0 Å². The van der Waals surface area contributed by atoms with E-state index in [0.717, 1.165) is 18.0 Å². The predicted octanol–water partition coefficient (Wildman–Crippen LogP) is 1.82. The normalized spacial score (nSPS) is 30.7. The topological polar surface area (TPSA) is 54.5 Å². The Morgan fingerprint density at radius 3 is 2.85 bits per heavy atom. The zero-order valence-corrected chi connectivity index (χ0v) is 12.8. The molecule has 2 fully saturated rings. The van der Waals surface area contributed by atoms with Gasteiger partial charge in [0.15, 0.2) is 0 Å². The maximum Gasteiger partial charge on any atom is 0.273 e. The Labute approximate surface area is 123 Å². The highest BCUT2D eigenvalue weighted by Gasteiger charge is 2.28. The van der Waals surface area contributed by atoms with E-state index >= 15 is 0 Å². The van der Waals surface area contributed by atoms with Gasteiger partial charge in [-0.25, -0.2) is 4.98 Å². The lowest BCUT2D eigenvalue weighted by atomic mass is 10.2. The number of amides is 1. The van der Waals surface area contributed by atoms with Crippen LogP contribution in [0.1, 0.15) is 48.2 Å². The van der Waals surface area contributed by atoms with Crippen molar-refractivity contribution in [2.24, 2.45) is 0 Å². The molecule has 0 spiro atoms. The highest BCUT2D eigenvalue weighted by molar-refractivity contribution is 7.09. The van der Waals surface area contributed by atoms with Crippen LogP contribution in [0.4, 0.5) is 0 Å². The Morgan fingerprint density at radius 1 is 1.45 bits per heavy atom. The van der Waals surface area contributed by atoms with Gasteiger partial charge in [-0.3, -0.25) is 4.79 Å². The summed E-state index contributed by atoms with van der Waals surface area (Å²) in [5, 5.41) is 6.35. The molecule has 0 aromatic carbocycles. The van der Waals surface area contributed by atoms with Gasteiger partial charge in [-0.2, -0.15) is 0 Å². The van der Waals surface area contributed by atoms with E-state index in [4.69, 9.17) is 4.74 Å². The zero-order valence-electron chi connectivity index (χ0n) is 12.0. The first-order chi connectivity index (χ1) is 9.63. The molecule has 0 bridgehead atoms. The van der Waals surface area contributed by atoms with E-state index in [0.29, 0.717) is 24.8 Å². The molecule has 0 saturated carbocycles. The van der Waals surface area contributed by atoms with Crippen molar-refractivity contribution in [3.05, 3.63) is 16.1 Å². The van der Waals surface area contributed by atoms with E-state index in [9.17, 15) is 4.79 Å². The number of rotatable bonds is 2. The number of aromatic nitrogens is 1. The highest BCUT2D eigenvalue weighted by Crippen LogP contribution is 2.26. The molecular formula is C14H21N3O2S. The molecular weight excluding hydrogens is 274 g/mol. The van der Waals surface area contributed by atoms with Crippen LogP contribution in [0.2, 0.25) is 0 Å². The van der Waals surface area contributed by atoms with Gasteiger partial charge in [0.25, 0.3) is 5.91 Å². The lowest BCUT2D eigenvalue weighted by molar-refractivity contribution is -0.0587. The lowest BCUT2D eigenvalue weighted by Gasteiger charge is -2.34. The Morgan fingerprint density at radius 2 is 2.20 bits per heavy atom. The third kappa shape index (κ3) is 2.87. The number of thiazole rings is 1. The number of hydrogen-bond donors (Lipinski definition) is 1. The van der Waals surface area contributed by atoms with E-state index in [1.54, 1.807) is 11.3 Å². The van der Waals surface area contributed by atoms with Crippen molar-refractivity contribution in [2.75, 3.05) is 19.6 Å². The molecule has 5 nitrogen and oxygen atoms in total. The summed E-state index contributed by atoms with van der Waals surface area (Å²) in [6.45, 7) is 6.36. The second kappa shape index (κ2) is 5.79. The van der Waals surface area contributed by atoms with Crippen LogP contribution in [-0.2, 0) is 4.74 Å². The van der Waals surface area contributed by atoms with Crippen LogP contribution in [0.3, 0.4) is 0 Å². The minimum absolute atomic E-state index is 0.0347. The fourth-order valence-electron chi connectivity index (χ4n) is 2.95. The summed E-state index contributed by atoms with van der Waals surface area (Å²) in [7, 11) is 0. The monoisotopic (exact) mass is 295 g/mol. The molecule has 1 aromatic rings. The average molecular weight is 295 g/mol. The van der Waals surface area contributed by atoms with Gasteiger partial charge in [0, 0.05) is 18.5 Å². The van der Waals surface area contributed by atoms with Crippen LogP contribution in [0.5, 0.6) is 0 Å². The maximum absolute atomic E-state index is 12.5. The van der Waals surface area contributed by atoms with Gasteiger partial charge in [0.05, 0.1) is 18.2 Å². The second-order valence-electron chi connectivity index (χ2n) is 5.69. The zero-order chi connectivity index (χ0) is 14.1. The smallest absolute Gasteiger partial charge is 0.273 e. The maximum atomic E-state index is 12.5. The van der Waals surface area contributed by atoms with E-state index in [-0.39, 0.29) is 18.1 Å². The number of nitrogens with one attached hydrogen (secondary N) is 1. The lowest BCUT2D eigenvalue weighted by Crippen LogP contribution is -2.48. The first-order valence-corrected chi connectivity index (χ1v) is 8.15.